The SMILES string of the molecule is C=C(c1ccc(F)cc1)C(C#N)(C#N)/C(C)=C/SC. The molecule has 0 aromatic heterocycles. The summed E-state index contributed by atoms with van der Waals surface area (Å²) in [6, 6.07) is 9.67. The maximum atomic E-state index is 12.9. The quantitative estimate of drug-likeness (QED) is 0.827. The molecule has 0 amide bonds. The van der Waals surface area contributed by atoms with Crippen LogP contribution in [-0.4, -0.2) is 6.26 Å². The van der Waals surface area contributed by atoms with Crippen molar-refractivity contribution >= 4 is 17.3 Å². The molecule has 2 nitrogen and oxygen atoms in total. The smallest absolute Gasteiger partial charge is 0.190 e. The first-order valence-corrected chi connectivity index (χ1v) is 6.78. The zero-order valence-corrected chi connectivity index (χ0v) is 11.6. The molecule has 19 heavy (non-hydrogen) atoms. The second-order valence-electron chi connectivity index (χ2n) is 4.00. The van der Waals surface area contributed by atoms with E-state index < -0.39 is 5.41 Å². The molecule has 4 heteroatoms. The van der Waals surface area contributed by atoms with Gasteiger partial charge in [0.1, 0.15) is 5.82 Å². The average molecular weight is 272 g/mol. The second-order valence-corrected chi connectivity index (χ2v) is 4.70. The predicted octanol–water partition coefficient (Wildman–Crippen LogP) is 4.14. The number of nitriles is 2. The minimum Gasteiger partial charge on any atom is -0.207 e. The molecule has 0 bridgehead atoms. The highest BCUT2D eigenvalue weighted by molar-refractivity contribution is 8.01. The van der Waals surface area contributed by atoms with Crippen molar-refractivity contribution < 1.29 is 4.39 Å². The van der Waals surface area contributed by atoms with Gasteiger partial charge in [0.05, 0.1) is 12.1 Å². The third kappa shape index (κ3) is 2.86. The molecule has 0 unspecified atom stereocenters. The molecule has 0 N–H and O–H groups in total. The van der Waals surface area contributed by atoms with Crippen molar-refractivity contribution in [1.82, 2.24) is 0 Å². The van der Waals surface area contributed by atoms with E-state index in [1.807, 2.05) is 18.4 Å². The van der Waals surface area contributed by atoms with E-state index in [1.165, 1.54) is 36.0 Å². The zero-order valence-electron chi connectivity index (χ0n) is 10.8. The van der Waals surface area contributed by atoms with Crippen molar-refractivity contribution in [3.05, 3.63) is 53.2 Å². The Hall–Kier alpha value is -2.04. The Bertz CT molecular complexity index is 574. The van der Waals surface area contributed by atoms with Crippen LogP contribution in [0.3, 0.4) is 0 Å². The second kappa shape index (κ2) is 6.22. The maximum Gasteiger partial charge on any atom is 0.190 e. The van der Waals surface area contributed by atoms with Crippen LogP contribution in [0.5, 0.6) is 0 Å². The van der Waals surface area contributed by atoms with Gasteiger partial charge in [-0.3, -0.25) is 0 Å². The van der Waals surface area contributed by atoms with Crippen LogP contribution < -0.4 is 0 Å². The van der Waals surface area contributed by atoms with Gasteiger partial charge < -0.3 is 0 Å². The summed E-state index contributed by atoms with van der Waals surface area (Å²) in [4.78, 5) is 0. The van der Waals surface area contributed by atoms with Crippen molar-refractivity contribution in [2.45, 2.75) is 6.92 Å². The number of thioether (sulfide) groups is 1. The molecular formula is C15H13FN2S. The fourth-order valence-corrected chi connectivity index (χ4v) is 2.24. The maximum absolute atomic E-state index is 12.9. The monoisotopic (exact) mass is 272 g/mol. The lowest BCUT2D eigenvalue weighted by Gasteiger charge is -2.22. The lowest BCUT2D eigenvalue weighted by Crippen LogP contribution is -2.19. The lowest BCUT2D eigenvalue weighted by molar-refractivity contribution is 0.627. The minimum absolute atomic E-state index is 0.361. The van der Waals surface area contributed by atoms with Gasteiger partial charge in [-0.1, -0.05) is 18.7 Å². The molecule has 0 atom stereocenters. The Balaban J connectivity index is 3.33. The van der Waals surface area contributed by atoms with Crippen LogP contribution >= 0.6 is 11.8 Å². The number of benzene rings is 1. The van der Waals surface area contributed by atoms with Crippen molar-refractivity contribution in [2.24, 2.45) is 5.41 Å². The summed E-state index contributed by atoms with van der Waals surface area (Å²) in [5.41, 5.74) is 0.138. The summed E-state index contributed by atoms with van der Waals surface area (Å²) in [5.74, 6) is -0.368. The van der Waals surface area contributed by atoms with E-state index in [0.717, 1.165) is 0 Å². The molecule has 0 aliphatic carbocycles. The normalized spacial score (nSPS) is 11.5. The molecular weight excluding hydrogens is 259 g/mol. The van der Waals surface area contributed by atoms with Crippen molar-refractivity contribution in [1.29, 1.82) is 10.5 Å². The summed E-state index contributed by atoms with van der Waals surface area (Å²) < 4.78 is 12.9. The molecule has 0 saturated carbocycles. The standard InChI is InChI=1S/C15H13FN2S/c1-11(8-19-3)15(9-17,10-18)12(2)13-4-6-14(16)7-5-13/h4-8H,2H2,1,3H3/b11-8+. The molecule has 96 valence electrons. The van der Waals surface area contributed by atoms with Gasteiger partial charge in [-0.05, 0) is 47.4 Å². The number of hydrogen-bond donors (Lipinski definition) is 0. The largest absolute Gasteiger partial charge is 0.207 e. The Morgan fingerprint density at radius 1 is 1.32 bits per heavy atom. The summed E-state index contributed by atoms with van der Waals surface area (Å²) in [5, 5.41) is 20.6. The van der Waals surface area contributed by atoms with Crippen molar-refractivity contribution in [3.8, 4) is 12.1 Å². The fraction of sp³-hybridized carbons (Fsp3) is 0.200. The van der Waals surface area contributed by atoms with E-state index in [1.54, 1.807) is 12.3 Å². The number of halogens is 1. The first kappa shape index (κ1) is 15.0. The van der Waals surface area contributed by atoms with Gasteiger partial charge in [0, 0.05) is 0 Å². The molecule has 1 aromatic rings. The van der Waals surface area contributed by atoms with Gasteiger partial charge in [-0.2, -0.15) is 10.5 Å². The van der Waals surface area contributed by atoms with Crippen molar-refractivity contribution in [3.63, 3.8) is 0 Å². The predicted molar refractivity (Wildman–Crippen MR) is 76.4 cm³/mol. The van der Waals surface area contributed by atoms with Crippen LogP contribution in [0, 0.1) is 33.9 Å². The van der Waals surface area contributed by atoms with Crippen LogP contribution in [0.25, 0.3) is 5.57 Å². The molecule has 1 rings (SSSR count). The highest BCUT2D eigenvalue weighted by Gasteiger charge is 2.36. The minimum atomic E-state index is -1.42. The number of nitrogens with zero attached hydrogens (tertiary/aromatic N) is 2. The van der Waals surface area contributed by atoms with Gasteiger partial charge in [-0.15, -0.1) is 11.8 Å². The van der Waals surface area contributed by atoms with E-state index in [9.17, 15) is 14.9 Å². The van der Waals surface area contributed by atoms with Crippen molar-refractivity contribution in [2.75, 3.05) is 6.26 Å². The number of hydrogen-bond acceptors (Lipinski definition) is 3. The zero-order chi connectivity index (χ0) is 14.5. The van der Waals surface area contributed by atoms with Crippen LogP contribution in [0.1, 0.15) is 12.5 Å². The molecule has 0 radical (unpaired) electrons. The van der Waals surface area contributed by atoms with Gasteiger partial charge in [0.2, 0.25) is 0 Å². The Labute approximate surface area is 116 Å². The van der Waals surface area contributed by atoms with Gasteiger partial charge >= 0.3 is 0 Å². The highest BCUT2D eigenvalue weighted by atomic mass is 32.2. The summed E-state index contributed by atoms with van der Waals surface area (Å²) in [7, 11) is 0. The Morgan fingerprint density at radius 2 is 1.84 bits per heavy atom. The van der Waals surface area contributed by atoms with E-state index in [4.69, 9.17) is 0 Å². The van der Waals surface area contributed by atoms with Crippen LogP contribution in [0.4, 0.5) is 4.39 Å². The highest BCUT2D eigenvalue weighted by Crippen LogP contribution is 2.40. The molecule has 0 saturated heterocycles. The van der Waals surface area contributed by atoms with E-state index in [2.05, 4.69) is 6.58 Å². The summed E-state index contributed by atoms with van der Waals surface area (Å²) in [6.45, 7) is 5.57. The molecule has 0 spiro atoms. The lowest BCUT2D eigenvalue weighted by atomic mass is 9.75. The van der Waals surface area contributed by atoms with E-state index in [-0.39, 0.29) is 5.82 Å². The van der Waals surface area contributed by atoms with Gasteiger partial charge in [-0.25, -0.2) is 4.39 Å². The average Bonchev–Trinajstić information content (AvgIpc) is 2.41. The topological polar surface area (TPSA) is 47.6 Å². The Kier molecular flexibility index (Phi) is 4.92. The molecule has 1 aromatic carbocycles. The number of allylic oxidation sites excluding steroid dienone is 2. The molecule has 0 aliphatic heterocycles. The third-order valence-electron chi connectivity index (χ3n) is 2.87. The fourth-order valence-electron chi connectivity index (χ4n) is 1.71. The third-order valence-corrected chi connectivity index (χ3v) is 3.46. The van der Waals surface area contributed by atoms with Gasteiger partial charge in [0.15, 0.2) is 5.41 Å². The van der Waals surface area contributed by atoms with Crippen LogP contribution in [-0.2, 0) is 0 Å². The molecule has 0 aliphatic rings. The van der Waals surface area contributed by atoms with E-state index >= 15 is 0 Å². The van der Waals surface area contributed by atoms with Crippen LogP contribution in [0.15, 0.2) is 41.8 Å². The molecule has 0 fully saturated rings. The Morgan fingerprint density at radius 3 is 2.26 bits per heavy atom. The molecule has 0 heterocycles. The number of rotatable bonds is 4. The summed E-state index contributed by atoms with van der Waals surface area (Å²) >= 11 is 1.42. The first-order valence-electron chi connectivity index (χ1n) is 5.49. The summed E-state index contributed by atoms with van der Waals surface area (Å²) in [6.07, 6.45) is 1.85. The van der Waals surface area contributed by atoms with E-state index in [0.29, 0.717) is 16.7 Å². The van der Waals surface area contributed by atoms with Crippen LogP contribution in [0.2, 0.25) is 0 Å². The van der Waals surface area contributed by atoms with Gasteiger partial charge in [0.25, 0.3) is 0 Å². The first-order chi connectivity index (χ1) is 9.01.